The summed E-state index contributed by atoms with van der Waals surface area (Å²) in [6.07, 6.45) is 0. The second-order valence-electron chi connectivity index (χ2n) is 5.12. The number of aromatic amines is 1. The summed E-state index contributed by atoms with van der Waals surface area (Å²) < 4.78 is 15.7. The lowest BCUT2D eigenvalue weighted by molar-refractivity contribution is 0.0512. The number of nitrogens with zero attached hydrogens (tertiary/aromatic N) is 2. The normalized spacial score (nSPS) is 10.8. The number of methoxy groups -OCH3 is 1. The van der Waals surface area contributed by atoms with E-state index in [1.807, 2.05) is 6.92 Å². The van der Waals surface area contributed by atoms with Crippen LogP contribution in [-0.4, -0.2) is 41.2 Å². The average Bonchev–Trinajstić information content (AvgIpc) is 2.60. The van der Waals surface area contributed by atoms with Crippen LogP contribution in [0.25, 0.3) is 21.9 Å². The van der Waals surface area contributed by atoms with Crippen molar-refractivity contribution < 1.29 is 19.0 Å². The zero-order valence-corrected chi connectivity index (χ0v) is 14.1. The molecule has 0 bridgehead atoms. The lowest BCUT2D eigenvalue weighted by Gasteiger charge is -2.11. The van der Waals surface area contributed by atoms with E-state index in [9.17, 15) is 9.59 Å². The Morgan fingerprint density at radius 2 is 1.92 bits per heavy atom. The van der Waals surface area contributed by atoms with Gasteiger partial charge in [0.05, 0.1) is 31.2 Å². The standard InChI is InChI=1S/C17H17N3O5/c1-4-24-13-7-9-6-10-14(18-11(9)8-12(13)23-3)19-15(20-16(10)21)17(22)25-5-2/h6-8H,4-5H2,1-3H3,(H,18,19,20,21). The first-order valence-electron chi connectivity index (χ1n) is 7.80. The Morgan fingerprint density at radius 3 is 2.60 bits per heavy atom. The van der Waals surface area contributed by atoms with E-state index in [0.717, 1.165) is 0 Å². The third-order valence-electron chi connectivity index (χ3n) is 3.54. The Kier molecular flexibility index (Phi) is 4.51. The number of pyridine rings is 1. The quantitative estimate of drug-likeness (QED) is 0.558. The summed E-state index contributed by atoms with van der Waals surface area (Å²) in [6, 6.07) is 5.11. The third kappa shape index (κ3) is 3.10. The Labute approximate surface area is 142 Å². The third-order valence-corrected chi connectivity index (χ3v) is 3.54. The molecule has 3 aromatic rings. The van der Waals surface area contributed by atoms with Crippen LogP contribution in [0.5, 0.6) is 11.5 Å². The van der Waals surface area contributed by atoms with E-state index in [2.05, 4.69) is 15.0 Å². The molecule has 130 valence electrons. The summed E-state index contributed by atoms with van der Waals surface area (Å²) in [6.45, 7) is 4.20. The number of esters is 1. The minimum absolute atomic E-state index is 0.158. The fraction of sp³-hybridized carbons (Fsp3) is 0.294. The molecule has 0 saturated heterocycles. The first-order chi connectivity index (χ1) is 12.1. The molecule has 8 heteroatoms. The van der Waals surface area contributed by atoms with Crippen molar-refractivity contribution in [3.63, 3.8) is 0 Å². The predicted molar refractivity (Wildman–Crippen MR) is 91.3 cm³/mol. The smallest absolute Gasteiger partial charge is 0.374 e. The molecular formula is C17H17N3O5. The van der Waals surface area contributed by atoms with Crippen LogP contribution in [0.2, 0.25) is 0 Å². The van der Waals surface area contributed by atoms with Crippen molar-refractivity contribution in [1.82, 2.24) is 15.0 Å². The zero-order valence-electron chi connectivity index (χ0n) is 14.1. The Morgan fingerprint density at radius 1 is 1.12 bits per heavy atom. The SMILES string of the molecule is CCOC(=O)c1nc2nc3cc(OC)c(OCC)cc3cc2c(=O)[nH]1. The first kappa shape index (κ1) is 16.7. The fourth-order valence-corrected chi connectivity index (χ4v) is 2.46. The van der Waals surface area contributed by atoms with Gasteiger partial charge in [-0.2, -0.15) is 0 Å². The van der Waals surface area contributed by atoms with Crippen LogP contribution < -0.4 is 15.0 Å². The molecular weight excluding hydrogens is 326 g/mol. The van der Waals surface area contributed by atoms with E-state index in [1.165, 1.54) is 7.11 Å². The summed E-state index contributed by atoms with van der Waals surface area (Å²) >= 11 is 0. The summed E-state index contributed by atoms with van der Waals surface area (Å²) in [4.78, 5) is 35.0. The highest BCUT2D eigenvalue weighted by atomic mass is 16.5. The molecule has 3 rings (SSSR count). The largest absolute Gasteiger partial charge is 0.493 e. The van der Waals surface area contributed by atoms with Crippen molar-refractivity contribution >= 4 is 27.9 Å². The second kappa shape index (κ2) is 6.76. The number of fused-ring (bicyclic) bond motifs is 2. The highest BCUT2D eigenvalue weighted by Gasteiger charge is 2.15. The van der Waals surface area contributed by atoms with E-state index in [4.69, 9.17) is 14.2 Å². The number of benzene rings is 1. The number of H-pyrrole nitrogens is 1. The number of aromatic nitrogens is 3. The molecule has 0 spiro atoms. The van der Waals surface area contributed by atoms with Gasteiger partial charge in [0.15, 0.2) is 17.1 Å². The highest BCUT2D eigenvalue weighted by molar-refractivity contribution is 5.94. The molecule has 25 heavy (non-hydrogen) atoms. The van der Waals surface area contributed by atoms with E-state index < -0.39 is 11.5 Å². The Bertz CT molecular complexity index is 1010. The molecule has 0 unspecified atom stereocenters. The van der Waals surface area contributed by atoms with Gasteiger partial charge in [-0.05, 0) is 26.0 Å². The van der Waals surface area contributed by atoms with Crippen LogP contribution >= 0.6 is 0 Å². The molecule has 2 aromatic heterocycles. The molecule has 0 fully saturated rings. The monoisotopic (exact) mass is 343 g/mol. The van der Waals surface area contributed by atoms with E-state index >= 15 is 0 Å². The number of nitrogens with one attached hydrogen (secondary N) is 1. The maximum Gasteiger partial charge on any atom is 0.374 e. The van der Waals surface area contributed by atoms with Crippen molar-refractivity contribution in [2.75, 3.05) is 20.3 Å². The second-order valence-corrected chi connectivity index (χ2v) is 5.12. The number of ether oxygens (including phenoxy) is 3. The number of hydrogen-bond donors (Lipinski definition) is 1. The molecule has 1 N–H and O–H groups in total. The molecule has 8 nitrogen and oxygen atoms in total. The lowest BCUT2D eigenvalue weighted by atomic mass is 10.1. The van der Waals surface area contributed by atoms with Crippen LogP contribution in [0.4, 0.5) is 0 Å². The molecule has 1 aromatic carbocycles. The summed E-state index contributed by atoms with van der Waals surface area (Å²) in [7, 11) is 1.53. The number of hydrogen-bond acceptors (Lipinski definition) is 7. The van der Waals surface area contributed by atoms with Crippen molar-refractivity contribution in [2.45, 2.75) is 13.8 Å². The van der Waals surface area contributed by atoms with Crippen LogP contribution in [0.1, 0.15) is 24.5 Å². The zero-order chi connectivity index (χ0) is 18.0. The van der Waals surface area contributed by atoms with E-state index in [-0.39, 0.29) is 23.5 Å². The van der Waals surface area contributed by atoms with Crippen molar-refractivity contribution in [1.29, 1.82) is 0 Å². The molecule has 0 radical (unpaired) electrons. The topological polar surface area (TPSA) is 103 Å². The van der Waals surface area contributed by atoms with Gasteiger partial charge in [0.25, 0.3) is 5.56 Å². The maximum atomic E-state index is 12.3. The van der Waals surface area contributed by atoms with Gasteiger partial charge in [-0.1, -0.05) is 0 Å². The maximum absolute atomic E-state index is 12.3. The van der Waals surface area contributed by atoms with Crippen LogP contribution in [-0.2, 0) is 4.74 Å². The lowest BCUT2D eigenvalue weighted by Crippen LogP contribution is -2.18. The van der Waals surface area contributed by atoms with Gasteiger partial charge in [0.2, 0.25) is 5.82 Å². The Hall–Kier alpha value is -3.16. The van der Waals surface area contributed by atoms with E-state index in [0.29, 0.717) is 29.0 Å². The minimum Gasteiger partial charge on any atom is -0.493 e. The van der Waals surface area contributed by atoms with Crippen molar-refractivity contribution in [2.24, 2.45) is 0 Å². The van der Waals surface area contributed by atoms with Gasteiger partial charge in [-0.15, -0.1) is 0 Å². The molecule has 0 aliphatic heterocycles. The van der Waals surface area contributed by atoms with Gasteiger partial charge >= 0.3 is 5.97 Å². The van der Waals surface area contributed by atoms with Crippen molar-refractivity contribution in [3.05, 3.63) is 34.4 Å². The average molecular weight is 343 g/mol. The number of carbonyl (C=O) groups excluding carboxylic acids is 1. The minimum atomic E-state index is -0.701. The highest BCUT2D eigenvalue weighted by Crippen LogP contribution is 2.32. The van der Waals surface area contributed by atoms with Gasteiger partial charge in [0.1, 0.15) is 0 Å². The van der Waals surface area contributed by atoms with Gasteiger partial charge < -0.3 is 19.2 Å². The van der Waals surface area contributed by atoms with Crippen molar-refractivity contribution in [3.8, 4) is 11.5 Å². The molecule has 0 saturated carbocycles. The van der Waals surface area contributed by atoms with Gasteiger partial charge in [0, 0.05) is 11.5 Å². The molecule has 0 aliphatic carbocycles. The van der Waals surface area contributed by atoms with Crippen LogP contribution in [0.15, 0.2) is 23.0 Å². The predicted octanol–water partition coefficient (Wildman–Crippen LogP) is 2.06. The molecule has 0 aliphatic rings. The Balaban J connectivity index is 2.23. The number of rotatable bonds is 5. The summed E-state index contributed by atoms with van der Waals surface area (Å²) in [5, 5.41) is 0.973. The molecule has 0 atom stereocenters. The van der Waals surface area contributed by atoms with Gasteiger partial charge in [-0.25, -0.2) is 14.8 Å². The van der Waals surface area contributed by atoms with E-state index in [1.54, 1.807) is 25.1 Å². The summed E-state index contributed by atoms with van der Waals surface area (Å²) in [5.74, 6) is 0.208. The number of carbonyl (C=O) groups is 1. The fourth-order valence-electron chi connectivity index (χ4n) is 2.46. The van der Waals surface area contributed by atoms with Crippen LogP contribution in [0.3, 0.4) is 0 Å². The summed E-state index contributed by atoms with van der Waals surface area (Å²) in [5.41, 5.74) is 0.266. The molecule has 2 heterocycles. The van der Waals surface area contributed by atoms with Gasteiger partial charge in [-0.3, -0.25) is 4.79 Å². The molecule has 0 amide bonds. The van der Waals surface area contributed by atoms with Crippen LogP contribution in [0, 0.1) is 0 Å². The first-order valence-corrected chi connectivity index (χ1v) is 7.80.